The minimum atomic E-state index is 0.0476. The van der Waals surface area contributed by atoms with Gasteiger partial charge in [-0.2, -0.15) is 0 Å². The Morgan fingerprint density at radius 3 is 2.71 bits per heavy atom. The molecule has 1 saturated carbocycles. The van der Waals surface area contributed by atoms with E-state index in [9.17, 15) is 4.79 Å². The number of nitrogens with zero attached hydrogens (tertiary/aromatic N) is 2. The number of carbonyl (C=O) groups is 1. The molecule has 7 heteroatoms. The van der Waals surface area contributed by atoms with Gasteiger partial charge in [-0.15, -0.1) is 0 Å². The van der Waals surface area contributed by atoms with E-state index < -0.39 is 0 Å². The summed E-state index contributed by atoms with van der Waals surface area (Å²) in [5.74, 6) is 0.676. The second kappa shape index (κ2) is 7.94. The molecule has 2 heterocycles. The van der Waals surface area contributed by atoms with Gasteiger partial charge in [0.1, 0.15) is 0 Å². The number of hydrogen-bond donors (Lipinski definition) is 3. The standard InChI is InChI=1S/C17H24ClN5O/c1-11(24)21-13-4-6-14(7-5-13)22-17-20-10-15(18)16(23-17)12-3-2-8-19-9-12/h3,10,13-14,19H,2,4-9H2,1H3,(H,21,24)(H,20,22,23)/t13-,14-. The van der Waals surface area contributed by atoms with Gasteiger partial charge < -0.3 is 16.0 Å². The largest absolute Gasteiger partial charge is 0.354 e. The van der Waals surface area contributed by atoms with Gasteiger partial charge in [0.25, 0.3) is 0 Å². The Balaban J connectivity index is 1.62. The molecule has 1 amide bonds. The van der Waals surface area contributed by atoms with Crippen molar-refractivity contribution in [1.82, 2.24) is 20.6 Å². The molecular formula is C17H24ClN5O. The van der Waals surface area contributed by atoms with Crippen molar-refractivity contribution in [3.05, 3.63) is 23.0 Å². The number of halogens is 1. The molecule has 0 spiro atoms. The predicted molar refractivity (Wildman–Crippen MR) is 96.0 cm³/mol. The summed E-state index contributed by atoms with van der Waals surface area (Å²) in [5.41, 5.74) is 1.94. The van der Waals surface area contributed by atoms with E-state index in [1.165, 1.54) is 0 Å². The Kier molecular flexibility index (Phi) is 5.68. The molecule has 0 aromatic carbocycles. The monoisotopic (exact) mass is 349 g/mol. The van der Waals surface area contributed by atoms with Gasteiger partial charge in [-0.05, 0) is 44.2 Å². The predicted octanol–water partition coefficient (Wildman–Crippen LogP) is 2.37. The van der Waals surface area contributed by atoms with Crippen LogP contribution in [0.25, 0.3) is 5.57 Å². The van der Waals surface area contributed by atoms with Gasteiger partial charge >= 0.3 is 0 Å². The molecule has 130 valence electrons. The summed E-state index contributed by atoms with van der Waals surface area (Å²) >= 11 is 6.28. The maximum absolute atomic E-state index is 11.1. The third-order valence-electron chi connectivity index (χ3n) is 4.54. The Morgan fingerprint density at radius 2 is 2.04 bits per heavy atom. The van der Waals surface area contributed by atoms with Crippen molar-refractivity contribution in [3.8, 4) is 0 Å². The summed E-state index contributed by atoms with van der Waals surface area (Å²) in [6, 6.07) is 0.628. The average Bonchev–Trinajstić information content (AvgIpc) is 2.59. The summed E-state index contributed by atoms with van der Waals surface area (Å²) in [7, 11) is 0. The van der Waals surface area contributed by atoms with Crippen molar-refractivity contribution in [1.29, 1.82) is 0 Å². The number of carbonyl (C=O) groups excluding carboxylic acids is 1. The summed E-state index contributed by atoms with van der Waals surface area (Å²) in [5, 5.41) is 10.3. The first kappa shape index (κ1) is 17.2. The van der Waals surface area contributed by atoms with E-state index in [0.717, 1.165) is 56.5 Å². The Labute approximate surface area is 147 Å². The fourth-order valence-corrected chi connectivity index (χ4v) is 3.55. The molecule has 1 aliphatic heterocycles. The SMILES string of the molecule is CC(=O)N[C@H]1CC[C@H](Nc2ncc(Cl)c(C3=CCCNC3)n2)CC1. The molecule has 1 aromatic heterocycles. The number of amides is 1. The van der Waals surface area contributed by atoms with Crippen LogP contribution in [0.2, 0.25) is 5.02 Å². The van der Waals surface area contributed by atoms with Gasteiger partial charge in [0.15, 0.2) is 0 Å². The van der Waals surface area contributed by atoms with Crippen LogP contribution in [0, 0.1) is 0 Å². The van der Waals surface area contributed by atoms with Gasteiger partial charge in [-0.25, -0.2) is 9.97 Å². The zero-order valence-corrected chi connectivity index (χ0v) is 14.7. The Hall–Kier alpha value is -1.66. The molecule has 0 saturated heterocycles. The van der Waals surface area contributed by atoms with Crippen LogP contribution in [0.3, 0.4) is 0 Å². The molecule has 3 rings (SSSR count). The van der Waals surface area contributed by atoms with Gasteiger partial charge in [0.05, 0.1) is 16.9 Å². The number of hydrogen-bond acceptors (Lipinski definition) is 5. The van der Waals surface area contributed by atoms with Crippen molar-refractivity contribution in [2.24, 2.45) is 0 Å². The lowest BCUT2D eigenvalue weighted by Gasteiger charge is -2.29. The maximum atomic E-state index is 11.1. The average molecular weight is 350 g/mol. The minimum absolute atomic E-state index is 0.0476. The van der Waals surface area contributed by atoms with E-state index in [4.69, 9.17) is 11.6 Å². The summed E-state index contributed by atoms with van der Waals surface area (Å²) in [4.78, 5) is 20.1. The molecule has 0 atom stereocenters. The van der Waals surface area contributed by atoms with Crippen molar-refractivity contribution >= 4 is 29.0 Å². The third kappa shape index (κ3) is 4.45. The summed E-state index contributed by atoms with van der Waals surface area (Å²) in [6.07, 6.45) is 8.80. The molecule has 1 aliphatic carbocycles. The van der Waals surface area contributed by atoms with E-state index in [1.807, 2.05) is 0 Å². The maximum Gasteiger partial charge on any atom is 0.223 e. The lowest BCUT2D eigenvalue weighted by molar-refractivity contribution is -0.119. The molecule has 3 N–H and O–H groups in total. The third-order valence-corrected chi connectivity index (χ3v) is 4.82. The van der Waals surface area contributed by atoms with Crippen molar-refractivity contribution in [3.63, 3.8) is 0 Å². The first-order valence-corrected chi connectivity index (χ1v) is 8.96. The van der Waals surface area contributed by atoms with E-state index in [-0.39, 0.29) is 5.91 Å². The molecule has 0 unspecified atom stereocenters. The van der Waals surface area contributed by atoms with E-state index in [1.54, 1.807) is 13.1 Å². The van der Waals surface area contributed by atoms with Crippen LogP contribution >= 0.6 is 11.6 Å². The highest BCUT2D eigenvalue weighted by Gasteiger charge is 2.22. The van der Waals surface area contributed by atoms with E-state index in [0.29, 0.717) is 23.1 Å². The number of anilines is 1. The van der Waals surface area contributed by atoms with Crippen LogP contribution in [-0.4, -0.2) is 41.0 Å². The van der Waals surface area contributed by atoms with Gasteiger partial charge in [0, 0.05) is 25.6 Å². The highest BCUT2D eigenvalue weighted by Crippen LogP contribution is 2.25. The van der Waals surface area contributed by atoms with Crippen molar-refractivity contribution < 1.29 is 4.79 Å². The van der Waals surface area contributed by atoms with Crippen LogP contribution in [0.15, 0.2) is 12.3 Å². The quantitative estimate of drug-likeness (QED) is 0.777. The Morgan fingerprint density at radius 1 is 1.29 bits per heavy atom. The van der Waals surface area contributed by atoms with Crippen LogP contribution < -0.4 is 16.0 Å². The summed E-state index contributed by atoms with van der Waals surface area (Å²) < 4.78 is 0. The first-order valence-electron chi connectivity index (χ1n) is 8.58. The highest BCUT2D eigenvalue weighted by atomic mass is 35.5. The van der Waals surface area contributed by atoms with E-state index in [2.05, 4.69) is 32.0 Å². The molecule has 0 bridgehead atoms. The van der Waals surface area contributed by atoms with E-state index >= 15 is 0 Å². The molecule has 6 nitrogen and oxygen atoms in total. The lowest BCUT2D eigenvalue weighted by atomic mass is 9.91. The smallest absolute Gasteiger partial charge is 0.223 e. The van der Waals surface area contributed by atoms with Crippen molar-refractivity contribution in [2.45, 2.75) is 51.1 Å². The van der Waals surface area contributed by atoms with Crippen LogP contribution in [-0.2, 0) is 4.79 Å². The van der Waals surface area contributed by atoms with Gasteiger partial charge in [-0.3, -0.25) is 4.79 Å². The number of nitrogens with one attached hydrogen (secondary N) is 3. The molecule has 2 aliphatic rings. The fraction of sp³-hybridized carbons (Fsp3) is 0.588. The highest BCUT2D eigenvalue weighted by molar-refractivity contribution is 6.32. The second-order valence-electron chi connectivity index (χ2n) is 6.48. The minimum Gasteiger partial charge on any atom is -0.354 e. The molecular weight excluding hydrogens is 326 g/mol. The topological polar surface area (TPSA) is 78.9 Å². The van der Waals surface area contributed by atoms with Crippen LogP contribution in [0.4, 0.5) is 5.95 Å². The Bertz CT molecular complexity index is 625. The normalized spacial score (nSPS) is 24.2. The molecule has 0 radical (unpaired) electrons. The first-order chi connectivity index (χ1) is 11.6. The van der Waals surface area contributed by atoms with Gasteiger partial charge in [0.2, 0.25) is 11.9 Å². The number of rotatable bonds is 4. The molecule has 1 aromatic rings. The van der Waals surface area contributed by atoms with Crippen molar-refractivity contribution in [2.75, 3.05) is 18.4 Å². The van der Waals surface area contributed by atoms with Gasteiger partial charge in [-0.1, -0.05) is 17.7 Å². The lowest BCUT2D eigenvalue weighted by Crippen LogP contribution is -2.39. The van der Waals surface area contributed by atoms with Crippen LogP contribution in [0.5, 0.6) is 0 Å². The number of aromatic nitrogens is 2. The second-order valence-corrected chi connectivity index (χ2v) is 6.89. The zero-order valence-electron chi connectivity index (χ0n) is 13.9. The molecule has 1 fully saturated rings. The fourth-order valence-electron chi connectivity index (χ4n) is 3.34. The molecule has 24 heavy (non-hydrogen) atoms. The van der Waals surface area contributed by atoms with Crippen LogP contribution in [0.1, 0.15) is 44.7 Å². The zero-order chi connectivity index (χ0) is 16.9. The summed E-state index contributed by atoms with van der Waals surface area (Å²) in [6.45, 7) is 3.36.